The summed E-state index contributed by atoms with van der Waals surface area (Å²) < 4.78 is 33.1. The molecule has 1 aliphatic rings. The standard InChI is InChI=1S/C31H29Cl2F2N7O/c1-30(2,3)15-24-31(16-36,21-13-10-18(32)14-23(21)34)25(20-6-5-7-22(33)26(20)35)27(38-24)29(43)37-19-11-8-17(9-12-19)28-39-40-41-42(28)4/h5-14,24-25,27,38H,15H2,1-4H3,(H,37,43). The summed E-state index contributed by atoms with van der Waals surface area (Å²) in [7, 11) is 1.71. The first-order valence-electron chi connectivity index (χ1n) is 13.6. The number of rotatable bonds is 6. The molecule has 43 heavy (non-hydrogen) atoms. The van der Waals surface area contributed by atoms with Crippen molar-refractivity contribution in [1.82, 2.24) is 25.5 Å². The normalized spacial score (nSPS) is 21.9. The Labute approximate surface area is 258 Å². The number of nitrogens with zero attached hydrogens (tertiary/aromatic N) is 5. The van der Waals surface area contributed by atoms with E-state index in [1.54, 1.807) is 37.4 Å². The van der Waals surface area contributed by atoms with Gasteiger partial charge in [0.05, 0.1) is 17.1 Å². The smallest absolute Gasteiger partial charge is 0.242 e. The van der Waals surface area contributed by atoms with Crippen LogP contribution in [0.3, 0.4) is 0 Å². The zero-order valence-electron chi connectivity index (χ0n) is 23.9. The molecular formula is C31H29Cl2F2N7O. The topological polar surface area (TPSA) is 109 Å². The lowest BCUT2D eigenvalue weighted by Crippen LogP contribution is -2.45. The first kappa shape index (κ1) is 30.5. The molecule has 2 heterocycles. The molecule has 222 valence electrons. The predicted octanol–water partition coefficient (Wildman–Crippen LogP) is 6.42. The van der Waals surface area contributed by atoms with Crippen molar-refractivity contribution in [3.05, 3.63) is 93.5 Å². The summed E-state index contributed by atoms with van der Waals surface area (Å²) in [6.45, 7) is 5.93. The van der Waals surface area contributed by atoms with Crippen molar-refractivity contribution < 1.29 is 13.6 Å². The molecule has 0 radical (unpaired) electrons. The third-order valence-electron chi connectivity index (χ3n) is 7.76. The first-order valence-corrected chi connectivity index (χ1v) is 14.3. The van der Waals surface area contributed by atoms with Gasteiger partial charge in [0.25, 0.3) is 0 Å². The monoisotopic (exact) mass is 623 g/mol. The van der Waals surface area contributed by atoms with Gasteiger partial charge in [-0.15, -0.1) is 5.10 Å². The van der Waals surface area contributed by atoms with Crippen LogP contribution in [0.15, 0.2) is 60.7 Å². The lowest BCUT2D eigenvalue weighted by molar-refractivity contribution is -0.118. The van der Waals surface area contributed by atoms with Gasteiger partial charge in [0.2, 0.25) is 5.91 Å². The molecule has 4 unspecified atom stereocenters. The van der Waals surface area contributed by atoms with Gasteiger partial charge in [0.15, 0.2) is 5.82 Å². The summed E-state index contributed by atoms with van der Waals surface area (Å²) in [6, 6.07) is 15.8. The summed E-state index contributed by atoms with van der Waals surface area (Å²) in [6.07, 6.45) is 0.367. The van der Waals surface area contributed by atoms with E-state index in [1.807, 2.05) is 20.8 Å². The molecule has 0 bridgehead atoms. The Morgan fingerprint density at radius 1 is 1.14 bits per heavy atom. The molecule has 0 spiro atoms. The highest BCUT2D eigenvalue weighted by Gasteiger charge is 2.61. The van der Waals surface area contributed by atoms with Crippen LogP contribution in [0.1, 0.15) is 44.2 Å². The zero-order valence-corrected chi connectivity index (χ0v) is 25.4. The molecule has 2 N–H and O–H groups in total. The minimum absolute atomic E-state index is 0.0162. The van der Waals surface area contributed by atoms with E-state index in [0.29, 0.717) is 17.9 Å². The third-order valence-corrected chi connectivity index (χ3v) is 8.29. The highest BCUT2D eigenvalue weighted by atomic mass is 35.5. The van der Waals surface area contributed by atoms with E-state index in [1.165, 1.54) is 28.9 Å². The predicted molar refractivity (Wildman–Crippen MR) is 160 cm³/mol. The van der Waals surface area contributed by atoms with Crippen LogP contribution in [-0.2, 0) is 17.3 Å². The van der Waals surface area contributed by atoms with Crippen molar-refractivity contribution in [3.63, 3.8) is 0 Å². The minimum Gasteiger partial charge on any atom is -0.325 e. The average Bonchev–Trinajstić information content (AvgIpc) is 3.51. The maximum absolute atomic E-state index is 15.8. The van der Waals surface area contributed by atoms with E-state index in [0.717, 1.165) is 11.6 Å². The molecule has 0 saturated carbocycles. The van der Waals surface area contributed by atoms with Gasteiger partial charge in [-0.25, -0.2) is 13.5 Å². The van der Waals surface area contributed by atoms with Gasteiger partial charge in [0, 0.05) is 40.8 Å². The molecule has 8 nitrogen and oxygen atoms in total. The van der Waals surface area contributed by atoms with Gasteiger partial charge >= 0.3 is 0 Å². The fourth-order valence-corrected chi connectivity index (χ4v) is 6.29. The van der Waals surface area contributed by atoms with Crippen LogP contribution < -0.4 is 10.6 Å². The van der Waals surface area contributed by atoms with Crippen molar-refractivity contribution in [2.75, 3.05) is 5.32 Å². The Hall–Kier alpha value is -3.91. The van der Waals surface area contributed by atoms with E-state index in [9.17, 15) is 10.1 Å². The zero-order chi connectivity index (χ0) is 31.1. The van der Waals surface area contributed by atoms with Gasteiger partial charge in [-0.1, -0.05) is 62.2 Å². The van der Waals surface area contributed by atoms with Crippen LogP contribution in [0.25, 0.3) is 11.4 Å². The maximum atomic E-state index is 15.8. The molecule has 0 aliphatic carbocycles. The Kier molecular flexibility index (Phi) is 8.27. The fraction of sp³-hybridized carbons (Fsp3) is 0.323. The Bertz CT molecular complexity index is 1710. The van der Waals surface area contributed by atoms with Crippen LogP contribution in [0.2, 0.25) is 10.0 Å². The lowest BCUT2D eigenvalue weighted by atomic mass is 9.62. The summed E-state index contributed by atoms with van der Waals surface area (Å²) in [4.78, 5) is 14.1. The summed E-state index contributed by atoms with van der Waals surface area (Å²) >= 11 is 12.3. The number of hydrogen-bond donors (Lipinski definition) is 2. The third kappa shape index (κ3) is 5.73. The number of anilines is 1. The number of aryl methyl sites for hydroxylation is 1. The van der Waals surface area contributed by atoms with Crippen LogP contribution in [0, 0.1) is 28.4 Å². The quantitative estimate of drug-likeness (QED) is 0.256. The van der Waals surface area contributed by atoms with Gasteiger partial charge in [0.1, 0.15) is 17.0 Å². The molecule has 4 atom stereocenters. The second-order valence-electron chi connectivity index (χ2n) is 11.9. The molecule has 5 rings (SSSR count). The molecule has 1 amide bonds. The van der Waals surface area contributed by atoms with Gasteiger partial charge in [-0.05, 0) is 70.3 Å². The molecule has 12 heteroatoms. The van der Waals surface area contributed by atoms with Crippen molar-refractivity contribution in [2.24, 2.45) is 12.5 Å². The molecule has 3 aromatic carbocycles. The van der Waals surface area contributed by atoms with Crippen molar-refractivity contribution in [3.8, 4) is 17.5 Å². The van der Waals surface area contributed by atoms with E-state index in [4.69, 9.17) is 23.2 Å². The molecule has 1 aliphatic heterocycles. The largest absolute Gasteiger partial charge is 0.325 e. The number of benzene rings is 3. The number of nitrogens with one attached hydrogen (secondary N) is 2. The van der Waals surface area contributed by atoms with Gasteiger partial charge in [-0.2, -0.15) is 5.26 Å². The highest BCUT2D eigenvalue weighted by Crippen LogP contribution is 2.52. The van der Waals surface area contributed by atoms with Crippen LogP contribution >= 0.6 is 23.2 Å². The highest BCUT2D eigenvalue weighted by molar-refractivity contribution is 6.31. The van der Waals surface area contributed by atoms with Crippen LogP contribution in [0.5, 0.6) is 0 Å². The van der Waals surface area contributed by atoms with Crippen LogP contribution in [-0.4, -0.2) is 38.2 Å². The second kappa shape index (κ2) is 11.6. The van der Waals surface area contributed by atoms with Crippen LogP contribution in [0.4, 0.5) is 14.5 Å². The molecule has 4 aromatic rings. The number of amides is 1. The second-order valence-corrected chi connectivity index (χ2v) is 12.7. The summed E-state index contributed by atoms with van der Waals surface area (Å²) in [5, 5.41) is 28.6. The maximum Gasteiger partial charge on any atom is 0.242 e. The van der Waals surface area contributed by atoms with Crippen molar-refractivity contribution in [2.45, 2.75) is 50.6 Å². The number of hydrogen-bond acceptors (Lipinski definition) is 6. The number of carbonyl (C=O) groups is 1. The van der Waals surface area contributed by atoms with E-state index in [-0.39, 0.29) is 26.6 Å². The number of nitriles is 1. The van der Waals surface area contributed by atoms with Crippen molar-refractivity contribution >= 4 is 34.8 Å². The average molecular weight is 625 g/mol. The first-order chi connectivity index (χ1) is 20.4. The number of carbonyl (C=O) groups excluding carboxylic acids is 1. The van der Waals surface area contributed by atoms with Gasteiger partial charge in [-0.3, -0.25) is 4.79 Å². The van der Waals surface area contributed by atoms with E-state index < -0.39 is 41.0 Å². The molecule has 1 aromatic heterocycles. The Morgan fingerprint density at radius 3 is 2.47 bits per heavy atom. The SMILES string of the molecule is Cn1nnnc1-c1ccc(NC(=O)C2NC(CC(C)(C)C)C(C#N)(c3ccc(Cl)cc3F)C2c2cccc(Cl)c2F)cc1. The van der Waals surface area contributed by atoms with Gasteiger partial charge < -0.3 is 10.6 Å². The summed E-state index contributed by atoms with van der Waals surface area (Å²) in [5.74, 6) is -2.65. The molecular weight excluding hydrogens is 595 g/mol. The van der Waals surface area contributed by atoms with Crippen molar-refractivity contribution in [1.29, 1.82) is 5.26 Å². The fourth-order valence-electron chi connectivity index (χ4n) is 5.95. The minimum atomic E-state index is -1.71. The number of aromatic nitrogens is 4. The van der Waals surface area contributed by atoms with E-state index in [2.05, 4.69) is 32.2 Å². The molecule has 1 fully saturated rings. The molecule has 1 saturated heterocycles. The Morgan fingerprint density at radius 2 is 1.86 bits per heavy atom. The lowest BCUT2D eigenvalue weighted by Gasteiger charge is -2.37. The van der Waals surface area contributed by atoms with E-state index >= 15 is 8.78 Å². The number of halogens is 4. The Balaban J connectivity index is 1.63. The summed E-state index contributed by atoms with van der Waals surface area (Å²) in [5.41, 5.74) is -0.834. The number of tetrazole rings is 1.